The van der Waals surface area contributed by atoms with E-state index in [-0.39, 0.29) is 35.4 Å². The van der Waals surface area contributed by atoms with Gasteiger partial charge in [-0.3, -0.25) is 53.9 Å². The highest BCUT2D eigenvalue weighted by molar-refractivity contribution is 7.11. The fraction of sp³-hybridized carbons (Fsp3) is 0.264. The monoisotopic (exact) mass is 1880 g/mol. The second-order valence-electron chi connectivity index (χ2n) is 33.6. The number of aryl methyl sites for hydroxylation is 8. The van der Waals surface area contributed by atoms with Crippen molar-refractivity contribution in [2.75, 3.05) is 34.3 Å². The Bertz CT molecular complexity index is 6300. The lowest BCUT2D eigenvalue weighted by molar-refractivity contribution is -0.131. The summed E-state index contributed by atoms with van der Waals surface area (Å²) in [6.07, 6.45) is 32.7. The number of benzene rings is 6. The number of amides is 6. The molecule has 0 aliphatic heterocycles. The molecule has 0 radical (unpaired) electrons. The number of H-pyrrole nitrogens is 3. The summed E-state index contributed by atoms with van der Waals surface area (Å²) in [5.74, 6) is 3.54. The number of rotatable bonds is 29. The average molecular weight is 1880 g/mol. The number of thiophene rings is 5. The number of hydrogen-bond acceptors (Lipinski definition) is 15. The van der Waals surface area contributed by atoms with Crippen molar-refractivity contribution in [3.05, 3.63) is 385 Å². The summed E-state index contributed by atoms with van der Waals surface area (Å²) < 4.78 is 5.70. The van der Waals surface area contributed by atoms with Gasteiger partial charge in [0, 0.05) is 98.3 Å². The summed E-state index contributed by atoms with van der Waals surface area (Å²) in [7, 11) is 0. The van der Waals surface area contributed by atoms with E-state index in [4.69, 9.17) is 4.42 Å². The van der Waals surface area contributed by atoms with Gasteiger partial charge in [-0.2, -0.15) is 15.3 Å². The summed E-state index contributed by atoms with van der Waals surface area (Å²) in [6, 6.07) is 73.3. The number of carbonyl (C=O) groups excluding carboxylic acids is 6. The molecule has 6 amide bonds. The summed E-state index contributed by atoms with van der Waals surface area (Å²) in [5.41, 5.74) is 16.1. The number of nitrogens with zero attached hydrogens (tertiary/aromatic N) is 9. The van der Waals surface area contributed by atoms with E-state index in [1.54, 1.807) is 114 Å². The molecule has 134 heavy (non-hydrogen) atoms. The number of fused-ring (bicyclic) bond motifs is 5. The highest BCUT2D eigenvalue weighted by atomic mass is 32.1. The van der Waals surface area contributed by atoms with Gasteiger partial charge in [-0.15, -0.1) is 56.7 Å². The molecule has 15 aromatic rings. The number of carbonyl (C=O) groups is 6. The first-order valence-electron chi connectivity index (χ1n) is 46.0. The highest BCUT2D eigenvalue weighted by Crippen LogP contribution is 2.48. The average Bonchev–Trinajstić information content (AvgIpc) is 1.63. The van der Waals surface area contributed by atoms with Crippen molar-refractivity contribution in [1.29, 1.82) is 0 Å². The van der Waals surface area contributed by atoms with Gasteiger partial charge in [0.15, 0.2) is 5.76 Å². The van der Waals surface area contributed by atoms with Crippen molar-refractivity contribution in [3.8, 4) is 0 Å². The minimum atomic E-state index is -0.0573. The second kappa shape index (κ2) is 49.5. The van der Waals surface area contributed by atoms with Crippen LogP contribution < -0.4 is 14.7 Å². The zero-order valence-electron chi connectivity index (χ0n) is 76.8. The Morgan fingerprint density at radius 2 is 0.910 bits per heavy atom. The van der Waals surface area contributed by atoms with Crippen molar-refractivity contribution < 1.29 is 33.2 Å². The van der Waals surface area contributed by atoms with E-state index in [9.17, 15) is 28.8 Å². The van der Waals surface area contributed by atoms with Crippen molar-refractivity contribution in [2.45, 2.75) is 157 Å². The molecule has 2 saturated carbocycles. The molecule has 2 bridgehead atoms. The lowest BCUT2D eigenvalue weighted by atomic mass is 9.94. The first-order valence-corrected chi connectivity index (χ1v) is 50.4. The van der Waals surface area contributed by atoms with Crippen molar-refractivity contribution in [2.24, 2.45) is 11.8 Å². The van der Waals surface area contributed by atoms with Crippen molar-refractivity contribution in [3.63, 3.8) is 0 Å². The molecule has 19 nitrogen and oxygen atoms in total. The number of nitrogens with one attached hydrogen (secondary N) is 3. The third-order valence-corrected chi connectivity index (χ3v) is 28.5. The zero-order valence-corrected chi connectivity index (χ0v) is 80.9. The fourth-order valence-corrected chi connectivity index (χ4v) is 20.6. The van der Waals surface area contributed by atoms with Gasteiger partial charge in [0.2, 0.25) is 11.8 Å². The van der Waals surface area contributed by atoms with E-state index in [2.05, 4.69) is 116 Å². The van der Waals surface area contributed by atoms with E-state index in [0.717, 1.165) is 117 Å². The molecule has 4 aliphatic carbocycles. The number of hydrogen-bond donors (Lipinski definition) is 3. The molecule has 4 aliphatic rings. The molecular formula is C110H116N12O7S5. The number of aromatic amines is 3. The van der Waals surface area contributed by atoms with Crippen LogP contribution in [0, 0.1) is 32.6 Å². The van der Waals surface area contributed by atoms with Gasteiger partial charge in [0.05, 0.1) is 62.7 Å². The lowest BCUT2D eigenvalue weighted by Gasteiger charge is -2.32. The maximum Gasteiger partial charge on any atom is 0.289 e. The van der Waals surface area contributed by atoms with Crippen LogP contribution in [-0.4, -0.2) is 106 Å². The molecule has 24 heteroatoms. The molecule has 0 spiro atoms. The van der Waals surface area contributed by atoms with Gasteiger partial charge in [0.25, 0.3) is 23.6 Å². The van der Waals surface area contributed by atoms with Crippen LogP contribution in [0.4, 0.5) is 17.3 Å². The molecule has 3 N–H and O–H groups in total. The molecule has 9 heterocycles. The first kappa shape index (κ1) is 96.8. The zero-order chi connectivity index (χ0) is 93.3. The maximum absolute atomic E-state index is 12.9. The SMILES string of the molecule is CCN(Cc1cccs1)C(=O)/C=C/c1ccccc1.CCN(Cc1cccs1)C(=O)CCc1ccc(C)cc1.CCN(Cc1cccs1)C(=O)c1cc2cc(C)ccc2o1.Cc1[nH]ncc1N(Cc1cccs1)C(=O)/C=C/c1ccc2c(c1)CCC2.O=C(/C=C/c1ccc2c(c1)CCC2)N(Cc1cccs1)c1ccn[nH]1.O=C(/C=C/c1ccccc1)N(c1ccn[nH]1)C1CC2CCC1C2. The number of likely N-dealkylation sites (N-methyl/N-ethyl adjacent to an activating group) is 1. The molecule has 3 atom stereocenters. The van der Waals surface area contributed by atoms with E-state index in [1.165, 1.54) is 93.0 Å². The van der Waals surface area contributed by atoms with Crippen molar-refractivity contribution in [1.82, 2.24) is 45.3 Å². The molecule has 6 aromatic carbocycles. The summed E-state index contributed by atoms with van der Waals surface area (Å²) in [6.45, 7) is 17.3. The van der Waals surface area contributed by atoms with E-state index in [0.29, 0.717) is 62.7 Å². The smallest absolute Gasteiger partial charge is 0.289 e. The van der Waals surface area contributed by atoms with Crippen LogP contribution in [0.3, 0.4) is 0 Å². The third kappa shape index (κ3) is 28.0. The maximum atomic E-state index is 12.9. The predicted molar refractivity (Wildman–Crippen MR) is 550 cm³/mol. The predicted octanol–water partition coefficient (Wildman–Crippen LogP) is 24.7. The summed E-state index contributed by atoms with van der Waals surface area (Å²) in [4.78, 5) is 92.4. The normalized spacial score (nSPS) is 14.3. The minimum Gasteiger partial charge on any atom is -0.451 e. The van der Waals surface area contributed by atoms with E-state index in [1.807, 2.05) is 241 Å². The van der Waals surface area contributed by atoms with Crippen LogP contribution in [0.25, 0.3) is 35.3 Å². The van der Waals surface area contributed by atoms with Gasteiger partial charge in [-0.1, -0.05) is 175 Å². The Balaban J connectivity index is 0.000000129. The number of furan rings is 1. The Morgan fingerprint density at radius 1 is 0.425 bits per heavy atom. The molecular weight excluding hydrogens is 1760 g/mol. The summed E-state index contributed by atoms with van der Waals surface area (Å²) >= 11 is 8.34. The van der Waals surface area contributed by atoms with Gasteiger partial charge in [-0.05, 0) is 267 Å². The van der Waals surface area contributed by atoms with Crippen LogP contribution in [0.1, 0.15) is 168 Å². The molecule has 688 valence electrons. The number of anilines is 3. The standard InChI is InChI=1S/C21H21N3OS.C20H19N3OS.C19H21N3O.C17H17NO2S.C17H21NOS.C16H17NOS/c1-15-20(13-22-23-15)24(14-19-6-3-11-26-19)21(25)10-8-16-7-9-17-4-2-5-18(17)12-16;24-20(9-7-15-6-8-16-3-1-4-17(16)13-15)23(19-10-11-21-22-19)14-18-5-2-12-25-18;23-19(9-7-14-4-2-1-3-5-14)22(18-10-11-20-21-18)17-13-15-6-8-16(17)12-15;1-3-18(11-14-5-4-8-21-14)17(19)16-10-13-9-12(2)6-7-15(13)20-16;1-3-18(13-16-5-4-12-20-16)17(19)11-10-15-8-6-14(2)7-9-15;1-2-17(13-15-9-6-12-19-15)16(18)11-10-14-7-4-3-5-8-14/h3,6-13H,2,4-5,14H2,1H3,(H,22,23);2,5-13H,1,3-4,14H2,(H,21,22);1-5,7,9-11,15-17H,6,8,12-13H2,(H,20,21);4-10H,3,11H2,1-2H3;4-9,12H,3,10-11,13H2,1-2H3;3-12H,2,13H2,1H3/b10-8+;2*9-7+;;;11-10+. The van der Waals surface area contributed by atoms with Crippen LogP contribution in [0.15, 0.2) is 293 Å². The van der Waals surface area contributed by atoms with Gasteiger partial charge < -0.3 is 24.0 Å². The van der Waals surface area contributed by atoms with Crippen molar-refractivity contribution >= 4 is 145 Å². The quantitative estimate of drug-likeness (QED) is 0.0376. The van der Waals surface area contributed by atoms with Crippen LogP contribution in [0.2, 0.25) is 0 Å². The summed E-state index contributed by atoms with van der Waals surface area (Å²) in [5, 5.41) is 32.0. The molecule has 2 fully saturated rings. The third-order valence-electron chi connectivity index (χ3n) is 24.2. The Labute approximate surface area is 806 Å². The van der Waals surface area contributed by atoms with Gasteiger partial charge in [-0.25, -0.2) is 0 Å². The topological polar surface area (TPSA) is 221 Å². The van der Waals surface area contributed by atoms with Crippen LogP contribution >= 0.6 is 56.7 Å². The Kier molecular flexibility index (Phi) is 35.8. The molecule has 0 saturated heterocycles. The Hall–Kier alpha value is -13.2. The van der Waals surface area contributed by atoms with E-state index < -0.39 is 0 Å². The minimum absolute atomic E-state index is 0.0376. The van der Waals surface area contributed by atoms with Gasteiger partial charge >= 0.3 is 0 Å². The largest absolute Gasteiger partial charge is 0.451 e. The van der Waals surface area contributed by atoms with E-state index >= 15 is 0 Å². The second-order valence-corrected chi connectivity index (χ2v) is 38.8. The highest BCUT2D eigenvalue weighted by Gasteiger charge is 2.44. The molecule has 3 unspecified atom stereocenters. The number of aromatic nitrogens is 6. The van der Waals surface area contributed by atoms with Gasteiger partial charge in [0.1, 0.15) is 17.2 Å². The van der Waals surface area contributed by atoms with Crippen LogP contribution in [0.5, 0.6) is 0 Å². The molecule has 9 aromatic heterocycles. The van der Waals surface area contributed by atoms with Crippen LogP contribution in [-0.2, 0) is 88.8 Å². The Morgan fingerprint density at radius 3 is 1.40 bits per heavy atom. The molecule has 19 rings (SSSR count). The fourth-order valence-electron chi connectivity index (χ4n) is 17.0. The first-order chi connectivity index (χ1) is 65.5. The lowest BCUT2D eigenvalue weighted by Crippen LogP contribution is -2.43.